The van der Waals surface area contributed by atoms with Gasteiger partial charge in [-0.25, -0.2) is 9.37 Å². The van der Waals surface area contributed by atoms with E-state index in [0.29, 0.717) is 42.4 Å². The number of β-amino-alcohol motifs (C(OH)–C–C–N with tert-alkyl or cyclic N) is 1. The van der Waals surface area contributed by atoms with E-state index in [4.69, 9.17) is 4.52 Å². The number of aliphatic hydroxyl groups is 1. The lowest BCUT2D eigenvalue weighted by atomic mass is 10.1. The Kier molecular flexibility index (Phi) is 4.06. The Morgan fingerprint density at radius 3 is 3.08 bits per heavy atom. The van der Waals surface area contributed by atoms with Gasteiger partial charge in [0.2, 0.25) is 11.7 Å². The Morgan fingerprint density at radius 1 is 1.44 bits per heavy atom. The lowest BCUT2D eigenvalue weighted by Crippen LogP contribution is -2.25. The van der Waals surface area contributed by atoms with Crippen LogP contribution in [0, 0.1) is 12.7 Å². The number of hydrogen-bond donors (Lipinski definition) is 2. The van der Waals surface area contributed by atoms with Crippen molar-refractivity contribution in [3.05, 3.63) is 53.7 Å². The number of rotatable bonds is 4. The first-order chi connectivity index (χ1) is 12.1. The molecule has 1 saturated heterocycles. The summed E-state index contributed by atoms with van der Waals surface area (Å²) in [7, 11) is 0. The fraction of sp³-hybridized carbons (Fsp3) is 0.353. The number of aryl methyl sites for hydroxylation is 1. The summed E-state index contributed by atoms with van der Waals surface area (Å²) < 4.78 is 19.2. The van der Waals surface area contributed by atoms with E-state index in [2.05, 4.69) is 20.1 Å². The summed E-state index contributed by atoms with van der Waals surface area (Å²) in [6.07, 6.45) is 3.48. The number of aliphatic hydroxyl groups excluding tert-OH is 1. The Hall–Kier alpha value is -2.58. The molecule has 1 aliphatic heterocycles. The standard InChI is InChI=1S/C17H18FN5O2/c1-10-2-3-11(6-13(10)18)16-21-17(25-22-16)14-7-12(24)8-23(14)9-15-19-4-5-20-15/h2-6,12,14,24H,7-9H2,1H3,(H,19,20). The number of halogens is 1. The van der Waals surface area contributed by atoms with Crippen LogP contribution in [-0.2, 0) is 6.54 Å². The first-order valence-electron chi connectivity index (χ1n) is 8.10. The molecule has 0 saturated carbocycles. The van der Waals surface area contributed by atoms with Crippen molar-refractivity contribution in [1.82, 2.24) is 25.0 Å². The zero-order chi connectivity index (χ0) is 17.4. The molecule has 4 rings (SSSR count). The zero-order valence-corrected chi connectivity index (χ0v) is 13.7. The van der Waals surface area contributed by atoms with Crippen LogP contribution in [0.2, 0.25) is 0 Å². The third-order valence-corrected chi connectivity index (χ3v) is 4.45. The van der Waals surface area contributed by atoms with Crippen molar-refractivity contribution in [3.63, 3.8) is 0 Å². The van der Waals surface area contributed by atoms with Gasteiger partial charge in [0.15, 0.2) is 0 Å². The van der Waals surface area contributed by atoms with Crippen molar-refractivity contribution in [2.45, 2.75) is 32.0 Å². The zero-order valence-electron chi connectivity index (χ0n) is 13.7. The minimum absolute atomic E-state index is 0.198. The van der Waals surface area contributed by atoms with Crippen molar-refractivity contribution < 1.29 is 14.0 Å². The minimum atomic E-state index is -0.466. The van der Waals surface area contributed by atoms with E-state index >= 15 is 0 Å². The fourth-order valence-corrected chi connectivity index (χ4v) is 3.11. The van der Waals surface area contributed by atoms with Gasteiger partial charge in [0.05, 0.1) is 18.7 Å². The number of nitrogens with zero attached hydrogens (tertiary/aromatic N) is 4. The number of H-pyrrole nitrogens is 1. The van der Waals surface area contributed by atoms with Crippen LogP contribution < -0.4 is 0 Å². The summed E-state index contributed by atoms with van der Waals surface area (Å²) in [6.45, 7) is 2.75. The maximum Gasteiger partial charge on any atom is 0.244 e. The maximum atomic E-state index is 13.8. The van der Waals surface area contributed by atoms with Gasteiger partial charge in [-0.1, -0.05) is 17.3 Å². The third-order valence-electron chi connectivity index (χ3n) is 4.45. The molecule has 0 aliphatic carbocycles. The van der Waals surface area contributed by atoms with Crippen LogP contribution in [0.5, 0.6) is 0 Å². The van der Waals surface area contributed by atoms with Crippen LogP contribution in [0.15, 0.2) is 35.1 Å². The van der Waals surface area contributed by atoms with E-state index in [-0.39, 0.29) is 11.9 Å². The van der Waals surface area contributed by atoms with Crippen LogP contribution in [-0.4, -0.2) is 42.8 Å². The van der Waals surface area contributed by atoms with Gasteiger partial charge in [-0.2, -0.15) is 4.98 Å². The van der Waals surface area contributed by atoms with Crippen molar-refractivity contribution in [2.75, 3.05) is 6.54 Å². The number of hydrogen-bond acceptors (Lipinski definition) is 6. The minimum Gasteiger partial charge on any atom is -0.392 e. The monoisotopic (exact) mass is 343 g/mol. The second-order valence-electron chi connectivity index (χ2n) is 6.29. The van der Waals surface area contributed by atoms with Gasteiger partial charge in [-0.05, 0) is 25.0 Å². The molecule has 1 fully saturated rings. The molecule has 130 valence electrons. The van der Waals surface area contributed by atoms with Gasteiger partial charge in [-0.3, -0.25) is 4.90 Å². The quantitative estimate of drug-likeness (QED) is 0.755. The first kappa shape index (κ1) is 15.9. The van der Waals surface area contributed by atoms with E-state index in [1.807, 2.05) is 4.90 Å². The largest absolute Gasteiger partial charge is 0.392 e. The SMILES string of the molecule is Cc1ccc(-c2noc(C3CC(O)CN3Cc3ncc[nH]3)n2)cc1F. The molecule has 2 aromatic heterocycles. The number of benzene rings is 1. The Labute approximate surface area is 143 Å². The highest BCUT2D eigenvalue weighted by Gasteiger charge is 2.36. The van der Waals surface area contributed by atoms with Gasteiger partial charge in [0.25, 0.3) is 0 Å². The van der Waals surface area contributed by atoms with Crippen molar-refractivity contribution in [1.29, 1.82) is 0 Å². The normalized spacial score (nSPS) is 21.1. The predicted molar refractivity (Wildman–Crippen MR) is 86.8 cm³/mol. The van der Waals surface area contributed by atoms with Crippen LogP contribution in [0.25, 0.3) is 11.4 Å². The molecule has 3 heterocycles. The summed E-state index contributed by atoms with van der Waals surface area (Å²) in [4.78, 5) is 13.7. The third kappa shape index (κ3) is 3.18. The molecule has 0 radical (unpaired) electrons. The summed E-state index contributed by atoms with van der Waals surface area (Å²) >= 11 is 0. The average molecular weight is 343 g/mol. The number of likely N-dealkylation sites (tertiary alicyclic amines) is 1. The average Bonchev–Trinajstić information content (AvgIpc) is 3.31. The van der Waals surface area contributed by atoms with Crippen LogP contribution in [0.4, 0.5) is 4.39 Å². The first-order valence-corrected chi connectivity index (χ1v) is 8.10. The molecule has 1 aliphatic rings. The van der Waals surface area contributed by atoms with Crippen LogP contribution >= 0.6 is 0 Å². The highest BCUT2D eigenvalue weighted by molar-refractivity contribution is 5.55. The highest BCUT2D eigenvalue weighted by Crippen LogP contribution is 2.33. The van der Waals surface area contributed by atoms with Crippen LogP contribution in [0.3, 0.4) is 0 Å². The summed E-state index contributed by atoms with van der Waals surface area (Å²) in [5, 5.41) is 14.0. The van der Waals surface area contributed by atoms with Crippen molar-refractivity contribution >= 4 is 0 Å². The molecule has 25 heavy (non-hydrogen) atoms. The van der Waals surface area contributed by atoms with E-state index in [0.717, 1.165) is 5.82 Å². The number of imidazole rings is 1. The highest BCUT2D eigenvalue weighted by atomic mass is 19.1. The van der Waals surface area contributed by atoms with Gasteiger partial charge in [-0.15, -0.1) is 0 Å². The lowest BCUT2D eigenvalue weighted by Gasteiger charge is -2.19. The molecule has 1 aromatic carbocycles. The summed E-state index contributed by atoms with van der Waals surface area (Å²) in [6, 6.07) is 4.64. The molecule has 0 spiro atoms. The molecule has 3 aromatic rings. The smallest absolute Gasteiger partial charge is 0.244 e. The Bertz CT molecular complexity index is 864. The molecule has 2 N–H and O–H groups in total. The Morgan fingerprint density at radius 2 is 2.32 bits per heavy atom. The number of aromatic nitrogens is 4. The fourth-order valence-electron chi connectivity index (χ4n) is 3.11. The van der Waals surface area contributed by atoms with E-state index in [1.54, 1.807) is 31.5 Å². The van der Waals surface area contributed by atoms with E-state index in [1.165, 1.54) is 6.07 Å². The number of aromatic amines is 1. The molecule has 2 unspecified atom stereocenters. The molecular formula is C17H18FN5O2. The van der Waals surface area contributed by atoms with Crippen molar-refractivity contribution in [2.24, 2.45) is 0 Å². The van der Waals surface area contributed by atoms with Gasteiger partial charge >= 0.3 is 0 Å². The second kappa shape index (κ2) is 6.38. The maximum absolute atomic E-state index is 13.8. The van der Waals surface area contributed by atoms with Gasteiger partial charge in [0.1, 0.15) is 11.6 Å². The molecule has 0 bridgehead atoms. The van der Waals surface area contributed by atoms with E-state index in [9.17, 15) is 9.50 Å². The molecular weight excluding hydrogens is 325 g/mol. The van der Waals surface area contributed by atoms with Gasteiger partial charge < -0.3 is 14.6 Å². The molecule has 0 amide bonds. The molecule has 7 nitrogen and oxygen atoms in total. The Balaban J connectivity index is 1.58. The van der Waals surface area contributed by atoms with E-state index < -0.39 is 6.10 Å². The van der Waals surface area contributed by atoms with Crippen molar-refractivity contribution in [3.8, 4) is 11.4 Å². The molecule has 2 atom stereocenters. The predicted octanol–water partition coefficient (Wildman–Crippen LogP) is 2.22. The summed E-state index contributed by atoms with van der Waals surface area (Å²) in [5.41, 5.74) is 1.13. The van der Waals surface area contributed by atoms with Gasteiger partial charge in [0, 0.05) is 24.5 Å². The second-order valence-corrected chi connectivity index (χ2v) is 6.29. The topological polar surface area (TPSA) is 91.1 Å². The van der Waals surface area contributed by atoms with Crippen LogP contribution in [0.1, 0.15) is 29.7 Å². The summed E-state index contributed by atoms with van der Waals surface area (Å²) in [5.74, 6) is 1.26. The molecule has 8 heteroatoms. The number of nitrogens with one attached hydrogen (secondary N) is 1. The lowest BCUT2D eigenvalue weighted by molar-refractivity contribution is 0.167.